The zero-order chi connectivity index (χ0) is 15.5. The predicted octanol–water partition coefficient (Wildman–Crippen LogP) is 7.42. The zero-order valence-electron chi connectivity index (χ0n) is 14.8. The van der Waals surface area contributed by atoms with Crippen LogP contribution in [0.4, 0.5) is 0 Å². The lowest BCUT2D eigenvalue weighted by atomic mass is 10.1. The van der Waals surface area contributed by atoms with Crippen molar-refractivity contribution in [1.29, 1.82) is 0 Å². The van der Waals surface area contributed by atoms with E-state index >= 15 is 0 Å². The first-order valence-electron chi connectivity index (χ1n) is 8.80. The fourth-order valence-electron chi connectivity index (χ4n) is 1.73. The third-order valence-electron chi connectivity index (χ3n) is 3.08. The minimum Gasteiger partial charge on any atom is -0.0654 e. The zero-order valence-corrected chi connectivity index (χ0v) is 14.8. The lowest BCUT2D eigenvalue weighted by molar-refractivity contribution is 0.772. The topological polar surface area (TPSA) is 0 Å². The second-order valence-electron chi connectivity index (χ2n) is 5.30. The van der Waals surface area contributed by atoms with Crippen molar-refractivity contribution in [1.82, 2.24) is 0 Å². The van der Waals surface area contributed by atoms with Crippen molar-refractivity contribution in [3.63, 3.8) is 0 Å². The highest BCUT2D eigenvalue weighted by Crippen LogP contribution is 2.03. The van der Waals surface area contributed by atoms with Gasteiger partial charge in [-0.2, -0.15) is 0 Å². The lowest BCUT2D eigenvalue weighted by Gasteiger charge is -1.96. The van der Waals surface area contributed by atoms with Crippen LogP contribution in [-0.4, -0.2) is 0 Å². The lowest BCUT2D eigenvalue weighted by Crippen LogP contribution is -1.81. The quantitative estimate of drug-likeness (QED) is 0.486. The van der Waals surface area contributed by atoms with Crippen LogP contribution in [0.5, 0.6) is 0 Å². The summed E-state index contributed by atoms with van der Waals surface area (Å²) in [6, 6.07) is 10.6. The first-order chi connectivity index (χ1) is 9.76. The van der Waals surface area contributed by atoms with Crippen molar-refractivity contribution < 1.29 is 0 Å². The van der Waals surface area contributed by atoms with Crippen molar-refractivity contribution in [2.45, 2.75) is 92.4 Å². The third kappa shape index (κ3) is 19.6. The molecule has 0 aliphatic heterocycles. The maximum atomic E-state index is 2.23. The van der Waals surface area contributed by atoms with Gasteiger partial charge in [-0.15, -0.1) is 0 Å². The van der Waals surface area contributed by atoms with Gasteiger partial charge in [0.1, 0.15) is 0 Å². The third-order valence-corrected chi connectivity index (χ3v) is 3.08. The number of unbranched alkanes of at least 4 members (excludes halogenated alkanes) is 5. The van der Waals surface area contributed by atoms with Gasteiger partial charge >= 0.3 is 0 Å². The molecule has 1 aromatic rings. The minimum atomic E-state index is 1.23. The summed E-state index contributed by atoms with van der Waals surface area (Å²) in [6.45, 7) is 11.1. The number of benzene rings is 1. The number of aryl methyl sites for hydroxylation is 1. The number of rotatable bonds is 7. The van der Waals surface area contributed by atoms with Crippen LogP contribution in [0.1, 0.15) is 91.5 Å². The van der Waals surface area contributed by atoms with Gasteiger partial charge in [-0.3, -0.25) is 0 Å². The van der Waals surface area contributed by atoms with Crippen molar-refractivity contribution in [2.75, 3.05) is 0 Å². The van der Waals surface area contributed by atoms with Gasteiger partial charge in [0.25, 0.3) is 0 Å². The highest BCUT2D eigenvalue weighted by molar-refractivity contribution is 5.14. The molecule has 0 N–H and O–H groups in total. The fraction of sp³-hybridized carbons (Fsp3) is 0.700. The van der Waals surface area contributed by atoms with Crippen LogP contribution in [-0.2, 0) is 6.42 Å². The van der Waals surface area contributed by atoms with E-state index in [0.29, 0.717) is 0 Å². The summed E-state index contributed by atoms with van der Waals surface area (Å²) in [5.41, 5.74) is 1.46. The van der Waals surface area contributed by atoms with Gasteiger partial charge < -0.3 is 0 Å². The molecule has 118 valence electrons. The molecule has 1 aromatic carbocycles. The number of hydrogen-bond acceptors (Lipinski definition) is 0. The van der Waals surface area contributed by atoms with Crippen molar-refractivity contribution >= 4 is 0 Å². The van der Waals surface area contributed by atoms with Gasteiger partial charge in [0.05, 0.1) is 0 Å². The SMILES string of the molecule is CCCCC.CCCCC.CCCCc1ccccc1. The Morgan fingerprint density at radius 1 is 0.550 bits per heavy atom. The van der Waals surface area contributed by atoms with Gasteiger partial charge in [0.15, 0.2) is 0 Å². The average molecular weight is 279 g/mol. The largest absolute Gasteiger partial charge is 0.0654 e. The van der Waals surface area contributed by atoms with E-state index in [2.05, 4.69) is 65.0 Å². The maximum absolute atomic E-state index is 2.23. The Morgan fingerprint density at radius 2 is 0.950 bits per heavy atom. The van der Waals surface area contributed by atoms with Crippen LogP contribution in [0.2, 0.25) is 0 Å². The Balaban J connectivity index is 0. The molecule has 0 atom stereocenters. The molecule has 1 rings (SSSR count). The molecule has 0 amide bonds. The van der Waals surface area contributed by atoms with Crippen molar-refractivity contribution in [3.05, 3.63) is 35.9 Å². The van der Waals surface area contributed by atoms with Gasteiger partial charge in [-0.05, 0) is 18.4 Å². The van der Waals surface area contributed by atoms with Crippen LogP contribution in [0.3, 0.4) is 0 Å². The molecule has 0 unspecified atom stereocenters. The van der Waals surface area contributed by atoms with Crippen LogP contribution >= 0.6 is 0 Å². The Labute approximate surface area is 129 Å². The van der Waals surface area contributed by atoms with Gasteiger partial charge in [0, 0.05) is 0 Å². The molecular formula is C20H38. The molecule has 20 heavy (non-hydrogen) atoms. The Bertz CT molecular complexity index is 227. The highest BCUT2D eigenvalue weighted by Gasteiger charge is 1.87. The van der Waals surface area contributed by atoms with E-state index < -0.39 is 0 Å². The Kier molecular flexibility index (Phi) is 22.1. The van der Waals surface area contributed by atoms with E-state index in [1.165, 1.54) is 63.4 Å². The second kappa shape index (κ2) is 20.5. The van der Waals surface area contributed by atoms with E-state index in [1.54, 1.807) is 0 Å². The average Bonchev–Trinajstić information content (AvgIpc) is 2.49. The smallest absolute Gasteiger partial charge is 0.0279 e. The molecule has 0 saturated carbocycles. The van der Waals surface area contributed by atoms with E-state index in [-0.39, 0.29) is 0 Å². The monoisotopic (exact) mass is 278 g/mol. The predicted molar refractivity (Wildman–Crippen MR) is 95.5 cm³/mol. The summed E-state index contributed by atoms with van der Waals surface area (Å²) in [5, 5.41) is 0. The first kappa shape index (κ1) is 21.5. The van der Waals surface area contributed by atoms with Gasteiger partial charge in [0.2, 0.25) is 0 Å². The normalized spacial score (nSPS) is 9.05. The molecular weight excluding hydrogens is 240 g/mol. The van der Waals surface area contributed by atoms with Crippen LogP contribution in [0, 0.1) is 0 Å². The number of hydrogen-bond donors (Lipinski definition) is 0. The standard InChI is InChI=1S/C10H14.2C5H12/c1-2-3-7-10-8-5-4-6-9-10;2*1-3-5-4-2/h4-6,8-9H,2-3,7H2,1H3;2*3-5H2,1-2H3. The van der Waals surface area contributed by atoms with Gasteiger partial charge in [-0.25, -0.2) is 0 Å². The molecule has 0 aromatic heterocycles. The Morgan fingerprint density at radius 3 is 1.25 bits per heavy atom. The van der Waals surface area contributed by atoms with Crippen LogP contribution in [0.15, 0.2) is 30.3 Å². The molecule has 0 heteroatoms. The second-order valence-corrected chi connectivity index (χ2v) is 5.30. The summed E-state index contributed by atoms with van der Waals surface area (Å²) in [7, 11) is 0. The first-order valence-corrected chi connectivity index (χ1v) is 8.80. The summed E-state index contributed by atoms with van der Waals surface area (Å²) in [6.07, 6.45) is 12.0. The molecule has 0 nitrogen and oxygen atoms in total. The fourth-order valence-corrected chi connectivity index (χ4v) is 1.73. The molecule has 0 saturated heterocycles. The minimum absolute atomic E-state index is 1.23. The van der Waals surface area contributed by atoms with Crippen molar-refractivity contribution in [2.24, 2.45) is 0 Å². The molecule has 0 radical (unpaired) electrons. The van der Waals surface area contributed by atoms with E-state index in [9.17, 15) is 0 Å². The Hall–Kier alpha value is -0.780. The van der Waals surface area contributed by atoms with Gasteiger partial charge in [-0.1, -0.05) is 110 Å². The summed E-state index contributed by atoms with van der Waals surface area (Å²) >= 11 is 0. The van der Waals surface area contributed by atoms with E-state index in [4.69, 9.17) is 0 Å². The highest BCUT2D eigenvalue weighted by atomic mass is 13.9. The molecule has 0 aliphatic carbocycles. The summed E-state index contributed by atoms with van der Waals surface area (Å²) < 4.78 is 0. The molecule has 0 aliphatic rings. The van der Waals surface area contributed by atoms with Crippen LogP contribution in [0.25, 0.3) is 0 Å². The summed E-state index contributed by atoms with van der Waals surface area (Å²) in [4.78, 5) is 0. The van der Waals surface area contributed by atoms with E-state index in [0.717, 1.165) is 0 Å². The molecule has 0 spiro atoms. The maximum Gasteiger partial charge on any atom is -0.0279 e. The van der Waals surface area contributed by atoms with Crippen molar-refractivity contribution in [3.8, 4) is 0 Å². The molecule has 0 bridgehead atoms. The molecule has 0 fully saturated rings. The molecule has 0 heterocycles. The van der Waals surface area contributed by atoms with E-state index in [1.807, 2.05) is 0 Å². The van der Waals surface area contributed by atoms with Crippen LogP contribution < -0.4 is 0 Å². The summed E-state index contributed by atoms with van der Waals surface area (Å²) in [5.74, 6) is 0.